The fraction of sp³-hybridized carbons (Fsp3) is 0.619. The Morgan fingerprint density at radius 3 is 2.56 bits per heavy atom. The van der Waals surface area contributed by atoms with Gasteiger partial charge in [0.25, 0.3) is 0 Å². The molecule has 0 saturated carbocycles. The summed E-state index contributed by atoms with van der Waals surface area (Å²) < 4.78 is 11.0. The second-order valence-electron chi connectivity index (χ2n) is 8.09. The van der Waals surface area contributed by atoms with E-state index in [1.54, 1.807) is 0 Å². The Hall–Kier alpha value is -2.08. The van der Waals surface area contributed by atoms with Gasteiger partial charge in [0.15, 0.2) is 0 Å². The number of carbonyl (C=O) groups is 2. The minimum atomic E-state index is -1.01. The number of benzene rings is 1. The fourth-order valence-electron chi connectivity index (χ4n) is 3.13. The molecule has 2 rings (SSSR count). The maximum absolute atomic E-state index is 12.1. The summed E-state index contributed by atoms with van der Waals surface area (Å²) in [4.78, 5) is 23.5. The van der Waals surface area contributed by atoms with Crippen LogP contribution in [-0.2, 0) is 19.7 Å². The highest BCUT2D eigenvalue weighted by Crippen LogP contribution is 2.24. The molecule has 1 amide bonds. The summed E-state index contributed by atoms with van der Waals surface area (Å²) in [5.41, 5.74) is 1.33. The van der Waals surface area contributed by atoms with E-state index in [4.69, 9.17) is 9.47 Å². The van der Waals surface area contributed by atoms with Crippen LogP contribution in [0.2, 0.25) is 0 Å². The lowest BCUT2D eigenvalue weighted by Gasteiger charge is -2.28. The van der Waals surface area contributed by atoms with Crippen LogP contribution in [0.25, 0.3) is 0 Å². The Bertz CT molecular complexity index is 614. The number of nitrogens with one attached hydrogen (secondary N) is 1. The molecule has 0 radical (unpaired) electrons. The van der Waals surface area contributed by atoms with Crippen molar-refractivity contribution in [3.05, 3.63) is 29.8 Å². The summed E-state index contributed by atoms with van der Waals surface area (Å²) >= 11 is 0. The van der Waals surface area contributed by atoms with Crippen LogP contribution in [-0.4, -0.2) is 42.8 Å². The zero-order chi connectivity index (χ0) is 19.9. The van der Waals surface area contributed by atoms with Crippen LogP contribution < -0.4 is 10.1 Å². The van der Waals surface area contributed by atoms with Crippen LogP contribution in [0.5, 0.6) is 5.75 Å². The van der Waals surface area contributed by atoms with Gasteiger partial charge < -0.3 is 19.9 Å². The van der Waals surface area contributed by atoms with Crippen LogP contribution in [0, 0.1) is 5.92 Å². The van der Waals surface area contributed by atoms with Crippen molar-refractivity contribution in [3.63, 3.8) is 0 Å². The van der Waals surface area contributed by atoms with Gasteiger partial charge in [0.2, 0.25) is 5.91 Å². The molecule has 2 N–H and O–H groups in total. The molecule has 2 unspecified atom stereocenters. The molecule has 2 atom stereocenters. The van der Waals surface area contributed by atoms with E-state index < -0.39 is 12.0 Å². The van der Waals surface area contributed by atoms with E-state index >= 15 is 0 Å². The zero-order valence-corrected chi connectivity index (χ0v) is 16.5. The molecule has 1 saturated heterocycles. The van der Waals surface area contributed by atoms with Crippen LogP contribution in [0.15, 0.2) is 24.3 Å². The van der Waals surface area contributed by atoms with Crippen LogP contribution >= 0.6 is 0 Å². The Labute approximate surface area is 161 Å². The molecule has 0 aliphatic carbocycles. The lowest BCUT2D eigenvalue weighted by molar-refractivity contribution is -0.145. The van der Waals surface area contributed by atoms with Crippen molar-refractivity contribution >= 4 is 11.9 Å². The SMILES string of the molecule is CC(C)(C)c1ccc(OCCCC(=O)NC(C(=O)O)C2CCCOC2)cc1. The van der Waals surface area contributed by atoms with Crippen molar-refractivity contribution in [2.45, 2.75) is 57.9 Å². The number of hydrogen-bond acceptors (Lipinski definition) is 4. The molecule has 1 aromatic carbocycles. The Balaban J connectivity index is 1.72. The standard InChI is InChI=1S/C21H31NO5/c1-21(2,3)16-8-10-17(11-9-16)27-13-5-7-18(23)22-19(20(24)25)15-6-4-12-26-14-15/h8-11,15,19H,4-7,12-14H2,1-3H3,(H,22,23)(H,24,25). The first-order valence-electron chi connectivity index (χ1n) is 9.60. The summed E-state index contributed by atoms with van der Waals surface area (Å²) in [5.74, 6) is -0.669. The van der Waals surface area contributed by atoms with Gasteiger partial charge in [-0.05, 0) is 42.4 Å². The van der Waals surface area contributed by atoms with Crippen molar-refractivity contribution in [1.82, 2.24) is 5.32 Å². The van der Waals surface area contributed by atoms with E-state index in [0.717, 1.165) is 18.6 Å². The van der Waals surface area contributed by atoms with Gasteiger partial charge in [-0.15, -0.1) is 0 Å². The number of carboxylic acid groups (broad SMARTS) is 1. The molecule has 0 bridgehead atoms. The van der Waals surface area contributed by atoms with E-state index in [1.165, 1.54) is 5.56 Å². The third-order valence-corrected chi connectivity index (χ3v) is 4.79. The molecular formula is C21H31NO5. The highest BCUT2D eigenvalue weighted by atomic mass is 16.5. The molecule has 1 aromatic rings. The van der Waals surface area contributed by atoms with Gasteiger partial charge in [0.05, 0.1) is 13.2 Å². The van der Waals surface area contributed by atoms with E-state index in [-0.39, 0.29) is 23.7 Å². The summed E-state index contributed by atoms with van der Waals surface area (Å²) in [6, 6.07) is 7.08. The van der Waals surface area contributed by atoms with Gasteiger partial charge in [0, 0.05) is 18.9 Å². The monoisotopic (exact) mass is 377 g/mol. The number of aliphatic carboxylic acids is 1. The lowest BCUT2D eigenvalue weighted by Crippen LogP contribution is -2.48. The Kier molecular flexibility index (Phi) is 7.66. The topological polar surface area (TPSA) is 84.9 Å². The molecule has 1 fully saturated rings. The maximum atomic E-state index is 12.1. The largest absolute Gasteiger partial charge is 0.494 e. The predicted molar refractivity (Wildman–Crippen MR) is 103 cm³/mol. The van der Waals surface area contributed by atoms with Gasteiger partial charge >= 0.3 is 5.97 Å². The van der Waals surface area contributed by atoms with Crippen molar-refractivity contribution in [2.75, 3.05) is 19.8 Å². The second-order valence-corrected chi connectivity index (χ2v) is 8.09. The third-order valence-electron chi connectivity index (χ3n) is 4.79. The van der Waals surface area contributed by atoms with Crippen LogP contribution in [0.1, 0.15) is 52.0 Å². The minimum absolute atomic E-state index is 0.0979. The van der Waals surface area contributed by atoms with Crippen LogP contribution in [0.4, 0.5) is 0 Å². The lowest BCUT2D eigenvalue weighted by atomic mass is 9.87. The molecule has 6 heteroatoms. The van der Waals surface area contributed by atoms with Crippen molar-refractivity contribution in [3.8, 4) is 5.75 Å². The second kappa shape index (κ2) is 9.74. The summed E-state index contributed by atoms with van der Waals surface area (Å²) in [6.45, 7) is 7.92. The Morgan fingerprint density at radius 1 is 1.30 bits per heavy atom. The van der Waals surface area contributed by atoms with Gasteiger partial charge in [-0.3, -0.25) is 4.79 Å². The number of carbonyl (C=O) groups excluding carboxylic acids is 1. The number of amides is 1. The first kappa shape index (κ1) is 21.2. The van der Waals surface area contributed by atoms with E-state index in [0.29, 0.717) is 26.2 Å². The fourth-order valence-corrected chi connectivity index (χ4v) is 3.13. The smallest absolute Gasteiger partial charge is 0.326 e. The minimum Gasteiger partial charge on any atom is -0.494 e. The van der Waals surface area contributed by atoms with Gasteiger partial charge in [-0.1, -0.05) is 32.9 Å². The maximum Gasteiger partial charge on any atom is 0.326 e. The average molecular weight is 377 g/mol. The Morgan fingerprint density at radius 2 is 2.00 bits per heavy atom. The summed E-state index contributed by atoms with van der Waals surface area (Å²) in [6.07, 6.45) is 2.34. The molecule has 1 aliphatic heterocycles. The summed E-state index contributed by atoms with van der Waals surface area (Å²) in [7, 11) is 0. The molecule has 6 nitrogen and oxygen atoms in total. The van der Waals surface area contributed by atoms with Crippen molar-refractivity contribution < 1.29 is 24.2 Å². The number of ether oxygens (including phenoxy) is 2. The molecule has 150 valence electrons. The molecule has 0 aromatic heterocycles. The van der Waals surface area contributed by atoms with E-state index in [2.05, 4.69) is 26.1 Å². The molecule has 27 heavy (non-hydrogen) atoms. The molecule has 1 aliphatic rings. The zero-order valence-electron chi connectivity index (χ0n) is 16.5. The highest BCUT2D eigenvalue weighted by Gasteiger charge is 2.31. The highest BCUT2D eigenvalue weighted by molar-refractivity contribution is 5.83. The molecule has 1 heterocycles. The molecule has 0 spiro atoms. The number of hydrogen-bond donors (Lipinski definition) is 2. The normalized spacial score (nSPS) is 18.6. The van der Waals surface area contributed by atoms with Gasteiger partial charge in [-0.25, -0.2) is 4.79 Å². The van der Waals surface area contributed by atoms with Crippen molar-refractivity contribution in [2.24, 2.45) is 5.92 Å². The average Bonchev–Trinajstić information content (AvgIpc) is 2.63. The number of rotatable bonds is 8. The van der Waals surface area contributed by atoms with Crippen LogP contribution in [0.3, 0.4) is 0 Å². The first-order chi connectivity index (χ1) is 12.8. The third kappa shape index (κ3) is 6.86. The summed E-state index contributed by atoms with van der Waals surface area (Å²) in [5, 5.41) is 12.0. The van der Waals surface area contributed by atoms with Gasteiger partial charge in [-0.2, -0.15) is 0 Å². The molecular weight excluding hydrogens is 346 g/mol. The predicted octanol–water partition coefficient (Wildman–Crippen LogP) is 3.14. The van der Waals surface area contributed by atoms with E-state index in [1.807, 2.05) is 24.3 Å². The first-order valence-corrected chi connectivity index (χ1v) is 9.60. The number of carboxylic acids is 1. The van der Waals surface area contributed by atoms with E-state index in [9.17, 15) is 14.7 Å². The van der Waals surface area contributed by atoms with Gasteiger partial charge in [0.1, 0.15) is 11.8 Å². The quantitative estimate of drug-likeness (QED) is 0.680. The van der Waals surface area contributed by atoms with Crippen molar-refractivity contribution in [1.29, 1.82) is 0 Å².